The summed E-state index contributed by atoms with van der Waals surface area (Å²) >= 11 is 0. The molecule has 0 unspecified atom stereocenters. The number of ether oxygens (including phenoxy) is 2. The van der Waals surface area contributed by atoms with Gasteiger partial charge in [0.1, 0.15) is 18.0 Å². The van der Waals surface area contributed by atoms with E-state index in [1.165, 1.54) is 11.2 Å². The van der Waals surface area contributed by atoms with Crippen LogP contribution in [0, 0.1) is 0 Å². The average Bonchev–Trinajstić information content (AvgIpc) is 3.58. The predicted octanol–water partition coefficient (Wildman–Crippen LogP) is 4.64. The van der Waals surface area contributed by atoms with E-state index in [2.05, 4.69) is 10.3 Å². The van der Waals surface area contributed by atoms with Gasteiger partial charge in [0.05, 0.1) is 26.2 Å². The first kappa shape index (κ1) is 24.6. The van der Waals surface area contributed by atoms with E-state index in [1.807, 2.05) is 68.6 Å². The Kier molecular flexibility index (Phi) is 7.39. The minimum absolute atomic E-state index is 0.162. The highest BCUT2D eigenvalue weighted by atomic mass is 16.5. The molecule has 186 valence electrons. The fourth-order valence-electron chi connectivity index (χ4n) is 3.66. The summed E-state index contributed by atoms with van der Waals surface area (Å²) in [6.45, 7) is 3.52. The van der Waals surface area contributed by atoms with Gasteiger partial charge in [-0.05, 0) is 74.5 Å². The molecule has 2 aromatic carbocycles. The van der Waals surface area contributed by atoms with Gasteiger partial charge in [0, 0.05) is 23.5 Å². The van der Waals surface area contributed by atoms with Gasteiger partial charge in [-0.3, -0.25) is 19.5 Å². The number of carbonyl (C=O) groups is 2. The van der Waals surface area contributed by atoms with Gasteiger partial charge in [-0.15, -0.1) is 0 Å². The number of hydrogen-bond donors (Lipinski definition) is 1. The smallest absolute Gasteiger partial charge is 0.290 e. The van der Waals surface area contributed by atoms with Crippen LogP contribution in [0.4, 0.5) is 5.95 Å². The zero-order valence-electron chi connectivity index (χ0n) is 20.6. The van der Waals surface area contributed by atoms with Crippen LogP contribution in [0.3, 0.4) is 0 Å². The van der Waals surface area contributed by atoms with E-state index >= 15 is 0 Å². The summed E-state index contributed by atoms with van der Waals surface area (Å²) in [4.78, 5) is 32.0. The van der Waals surface area contributed by atoms with Crippen LogP contribution in [0.15, 0.2) is 77.5 Å². The van der Waals surface area contributed by atoms with Crippen LogP contribution in [-0.4, -0.2) is 53.1 Å². The number of nitrogens with zero attached hydrogens (tertiary/aromatic N) is 3. The van der Waals surface area contributed by atoms with Crippen molar-refractivity contribution < 1.29 is 23.5 Å². The van der Waals surface area contributed by atoms with Crippen LogP contribution in [0.5, 0.6) is 11.5 Å². The summed E-state index contributed by atoms with van der Waals surface area (Å²) in [5.41, 5.74) is 2.30. The summed E-state index contributed by atoms with van der Waals surface area (Å²) in [5.74, 6) is 1.21. The van der Waals surface area contributed by atoms with Crippen molar-refractivity contribution in [3.63, 3.8) is 0 Å². The quantitative estimate of drug-likeness (QED) is 0.369. The summed E-state index contributed by atoms with van der Waals surface area (Å²) in [5, 5.41) is 2.87. The third-order valence-electron chi connectivity index (χ3n) is 5.62. The van der Waals surface area contributed by atoms with Gasteiger partial charge in [-0.25, -0.2) is 4.98 Å². The molecule has 0 atom stereocenters. The molecule has 4 rings (SSSR count). The van der Waals surface area contributed by atoms with Crippen molar-refractivity contribution in [2.75, 3.05) is 26.1 Å². The summed E-state index contributed by atoms with van der Waals surface area (Å²) < 4.78 is 17.5. The maximum absolute atomic E-state index is 13.1. The van der Waals surface area contributed by atoms with Gasteiger partial charge in [0.25, 0.3) is 5.91 Å². The highest BCUT2D eigenvalue weighted by molar-refractivity contribution is 5.97. The van der Waals surface area contributed by atoms with Gasteiger partial charge in [-0.1, -0.05) is 0 Å². The summed E-state index contributed by atoms with van der Waals surface area (Å²) in [6, 6.07) is 17.9. The molecule has 0 aliphatic heterocycles. The van der Waals surface area contributed by atoms with E-state index in [0.29, 0.717) is 17.4 Å². The number of rotatable bonds is 9. The lowest BCUT2D eigenvalue weighted by Gasteiger charge is -2.25. The number of anilines is 1. The lowest BCUT2D eigenvalue weighted by Crippen LogP contribution is -2.42. The predicted molar refractivity (Wildman–Crippen MR) is 136 cm³/mol. The molecule has 2 heterocycles. The van der Waals surface area contributed by atoms with E-state index in [9.17, 15) is 9.59 Å². The Morgan fingerprint density at radius 2 is 1.64 bits per heavy atom. The molecule has 0 saturated heterocycles. The Morgan fingerprint density at radius 3 is 2.19 bits per heavy atom. The van der Waals surface area contributed by atoms with Gasteiger partial charge in [-0.2, -0.15) is 0 Å². The van der Waals surface area contributed by atoms with Crippen LogP contribution in [0.25, 0.3) is 16.9 Å². The Balaban J connectivity index is 1.63. The first-order chi connectivity index (χ1) is 17.4. The zero-order valence-corrected chi connectivity index (χ0v) is 20.6. The average molecular weight is 489 g/mol. The number of benzene rings is 2. The number of aromatic nitrogens is 2. The molecule has 0 spiro atoms. The highest BCUT2D eigenvalue weighted by Crippen LogP contribution is 2.27. The molecule has 0 fully saturated rings. The third-order valence-corrected chi connectivity index (χ3v) is 5.62. The Bertz CT molecular complexity index is 1310. The molecule has 0 aliphatic rings. The lowest BCUT2D eigenvalue weighted by atomic mass is 10.1. The highest BCUT2D eigenvalue weighted by Gasteiger charge is 2.24. The van der Waals surface area contributed by atoms with Crippen molar-refractivity contribution in [1.82, 2.24) is 14.5 Å². The fourth-order valence-corrected chi connectivity index (χ4v) is 3.66. The van der Waals surface area contributed by atoms with E-state index in [0.717, 1.165) is 17.0 Å². The van der Waals surface area contributed by atoms with Crippen molar-refractivity contribution in [2.24, 2.45) is 0 Å². The maximum atomic E-state index is 13.1. The zero-order chi connectivity index (χ0) is 25.7. The molecule has 0 aliphatic carbocycles. The van der Waals surface area contributed by atoms with Crippen LogP contribution in [-0.2, 0) is 4.79 Å². The molecule has 0 bridgehead atoms. The Hall–Kier alpha value is -4.53. The van der Waals surface area contributed by atoms with E-state index in [-0.39, 0.29) is 30.2 Å². The van der Waals surface area contributed by atoms with Crippen LogP contribution in [0.1, 0.15) is 24.4 Å². The molecule has 2 aromatic heterocycles. The number of amides is 2. The fraction of sp³-hybridized carbons (Fsp3) is 0.222. The topological polar surface area (TPSA) is 98.8 Å². The molecule has 4 aromatic rings. The first-order valence-corrected chi connectivity index (χ1v) is 11.4. The van der Waals surface area contributed by atoms with Crippen molar-refractivity contribution in [2.45, 2.75) is 19.9 Å². The monoisotopic (exact) mass is 488 g/mol. The Morgan fingerprint density at radius 1 is 1.00 bits per heavy atom. The van der Waals surface area contributed by atoms with Crippen molar-refractivity contribution in [3.8, 4) is 28.4 Å². The van der Waals surface area contributed by atoms with Gasteiger partial charge >= 0.3 is 0 Å². The normalized spacial score (nSPS) is 10.8. The summed E-state index contributed by atoms with van der Waals surface area (Å²) in [7, 11) is 3.21. The molecule has 36 heavy (non-hydrogen) atoms. The van der Waals surface area contributed by atoms with Crippen LogP contribution >= 0.6 is 0 Å². The van der Waals surface area contributed by atoms with Gasteiger partial charge in [0.2, 0.25) is 11.9 Å². The molecule has 1 N–H and O–H groups in total. The minimum Gasteiger partial charge on any atom is -0.497 e. The molecular weight excluding hydrogens is 460 g/mol. The van der Waals surface area contributed by atoms with E-state index in [4.69, 9.17) is 13.9 Å². The van der Waals surface area contributed by atoms with Crippen LogP contribution in [0.2, 0.25) is 0 Å². The molecule has 0 saturated carbocycles. The Labute approximate surface area is 209 Å². The molecule has 0 radical (unpaired) electrons. The second-order valence-corrected chi connectivity index (χ2v) is 8.30. The number of hydrogen-bond acceptors (Lipinski definition) is 6. The SMILES string of the molecule is COc1ccc(-c2cn(-c3ccc(OC)cc3)c(NC(=O)CN(C(=O)c3ccco3)C(C)C)n2)cc1. The largest absolute Gasteiger partial charge is 0.497 e. The van der Waals surface area contributed by atoms with E-state index in [1.54, 1.807) is 30.9 Å². The van der Waals surface area contributed by atoms with Crippen molar-refractivity contribution in [3.05, 3.63) is 78.9 Å². The second-order valence-electron chi connectivity index (χ2n) is 8.30. The molecule has 9 heteroatoms. The number of methoxy groups -OCH3 is 2. The standard InChI is InChI=1S/C27H28N4O5/c1-18(2)30(26(33)24-6-5-15-36-24)17-25(32)29-27-28-23(19-7-11-21(34-3)12-8-19)16-31(27)20-9-13-22(35-4)14-10-20/h5-16,18H,17H2,1-4H3,(H,28,29,32). The number of furan rings is 1. The number of nitrogens with one attached hydrogen (secondary N) is 1. The molecule has 2 amide bonds. The van der Waals surface area contributed by atoms with Crippen molar-refractivity contribution >= 4 is 17.8 Å². The first-order valence-electron chi connectivity index (χ1n) is 11.4. The van der Waals surface area contributed by atoms with E-state index < -0.39 is 0 Å². The van der Waals surface area contributed by atoms with Crippen molar-refractivity contribution in [1.29, 1.82) is 0 Å². The molecular formula is C27H28N4O5. The van der Waals surface area contributed by atoms with Gasteiger partial charge < -0.3 is 18.8 Å². The molecule has 9 nitrogen and oxygen atoms in total. The number of carbonyl (C=O) groups excluding carboxylic acids is 2. The van der Waals surface area contributed by atoms with Gasteiger partial charge in [0.15, 0.2) is 5.76 Å². The minimum atomic E-state index is -0.384. The van der Waals surface area contributed by atoms with Crippen LogP contribution < -0.4 is 14.8 Å². The summed E-state index contributed by atoms with van der Waals surface area (Å²) in [6.07, 6.45) is 3.27. The second kappa shape index (κ2) is 10.8. The number of imidazole rings is 1. The third kappa shape index (κ3) is 5.41. The maximum Gasteiger partial charge on any atom is 0.290 e. The lowest BCUT2D eigenvalue weighted by molar-refractivity contribution is -0.117.